The van der Waals surface area contributed by atoms with Crippen molar-refractivity contribution in [1.82, 2.24) is 0 Å². The molecule has 0 bridgehead atoms. The van der Waals surface area contributed by atoms with Crippen LogP contribution in [0.3, 0.4) is 0 Å². The fourth-order valence-corrected chi connectivity index (χ4v) is 27.7. The zero-order chi connectivity index (χ0) is 95.5. The molecule has 0 saturated carbocycles. The molecule has 0 N–H and O–H groups in total. The van der Waals surface area contributed by atoms with Crippen LogP contribution in [0.5, 0.6) is 0 Å². The molecule has 17 heteroatoms. The smallest absolute Gasteiger partial charge is 0.747 e. The summed E-state index contributed by atoms with van der Waals surface area (Å²) in [7, 11) is -17.8. The third-order valence-corrected chi connectivity index (χ3v) is 43.2. The van der Waals surface area contributed by atoms with Crippen molar-refractivity contribution >= 4 is 40.5 Å². The third kappa shape index (κ3) is 31.6. The predicted molar refractivity (Wildman–Crippen MR) is 542 cm³/mol. The van der Waals surface area contributed by atoms with E-state index in [1.165, 1.54) is 231 Å². The van der Waals surface area contributed by atoms with E-state index >= 15 is 0 Å². The number of unbranched alkanes of at least 4 members (excludes halogenated alkanes) is 36. The first-order valence-corrected chi connectivity index (χ1v) is 57.4. The summed E-state index contributed by atoms with van der Waals surface area (Å²) in [5.74, 6) is 3.71. The van der Waals surface area contributed by atoms with Gasteiger partial charge in [0.25, 0.3) is 0 Å². The minimum atomic E-state index is -4.44. The van der Waals surface area contributed by atoms with Gasteiger partial charge in [-0.2, -0.15) is 0 Å². The van der Waals surface area contributed by atoms with Gasteiger partial charge in [-0.1, -0.05) is 513 Å². The average molecular weight is 1900 g/mol. The second kappa shape index (κ2) is 54.0. The first-order chi connectivity index (χ1) is 59.8. The van der Waals surface area contributed by atoms with E-state index in [2.05, 4.69) is 180 Å². The summed E-state index contributed by atoms with van der Waals surface area (Å²) >= 11 is 0. The van der Waals surface area contributed by atoms with Crippen molar-refractivity contribution in [2.45, 2.75) is 466 Å². The van der Waals surface area contributed by atoms with Gasteiger partial charge in [0.1, 0.15) is 40.5 Å². The van der Waals surface area contributed by atoms with E-state index in [9.17, 15) is 51.9 Å². The summed E-state index contributed by atoms with van der Waals surface area (Å²) in [6.07, 6.45) is 109. The number of hydrogen-bond acceptors (Lipinski definition) is 12. The number of rotatable bonds is 56. The summed E-state index contributed by atoms with van der Waals surface area (Å²) in [5.41, 5.74) is -3.29. The van der Waals surface area contributed by atoms with Crippen molar-refractivity contribution in [2.75, 3.05) is 0 Å². The standard InChI is InChI=1S/4C28H48O3S.Ti/c4*1-24-21-23-28(5,32(29,30)31)27(4,26(24,2)3)22-17-13-11-9-7-6-8-10-12-14-18-25-19-15-16-20-25;/h4*15-16,19-21,23-25H,6-14,17-18,22H2,1-5H3,(H,29,30,31);/q;;;;+4/p-4. The quantitative estimate of drug-likeness (QED) is 0.0240. The molecule has 0 aliphatic heterocycles. The molecule has 0 amide bonds. The maximum Gasteiger partial charge on any atom is 4.00 e. The Morgan fingerprint density at radius 2 is 0.310 bits per heavy atom. The van der Waals surface area contributed by atoms with E-state index < -0.39 is 81.1 Å². The van der Waals surface area contributed by atoms with Gasteiger partial charge in [0.15, 0.2) is 0 Å². The molecule has 0 spiro atoms. The van der Waals surface area contributed by atoms with E-state index in [0.717, 1.165) is 77.0 Å². The Hall–Kier alpha value is -2.77. The average Bonchev–Trinajstić information content (AvgIpc) is 1.55. The van der Waals surface area contributed by atoms with Crippen molar-refractivity contribution in [1.29, 1.82) is 0 Å². The summed E-state index contributed by atoms with van der Waals surface area (Å²) in [6.45, 7) is 40.3. The van der Waals surface area contributed by atoms with Gasteiger partial charge >= 0.3 is 21.7 Å². The Morgan fingerprint density at radius 3 is 0.434 bits per heavy atom. The zero-order valence-electron chi connectivity index (χ0n) is 85.4. The molecule has 0 aromatic rings. The molecule has 8 aliphatic rings. The Morgan fingerprint density at radius 1 is 0.194 bits per heavy atom. The Bertz CT molecular complexity index is 3590. The van der Waals surface area contributed by atoms with E-state index in [4.69, 9.17) is 0 Å². The summed E-state index contributed by atoms with van der Waals surface area (Å²) in [6, 6.07) is 0. The maximum atomic E-state index is 12.3. The molecule has 8 aliphatic carbocycles. The van der Waals surface area contributed by atoms with Crippen LogP contribution in [-0.2, 0) is 62.2 Å². The molecule has 736 valence electrons. The molecule has 0 heterocycles. The molecular weight excluding hydrogens is 1710 g/mol. The van der Waals surface area contributed by atoms with Crippen molar-refractivity contribution in [3.05, 3.63) is 146 Å². The van der Waals surface area contributed by atoms with Crippen molar-refractivity contribution in [2.24, 2.45) is 90.7 Å². The third-order valence-electron chi connectivity index (χ3n) is 36.7. The van der Waals surface area contributed by atoms with Crippen molar-refractivity contribution < 1.29 is 73.6 Å². The Kier molecular flexibility index (Phi) is 49.6. The van der Waals surface area contributed by atoms with E-state index in [0.29, 0.717) is 23.7 Å². The molecule has 0 aromatic heterocycles. The maximum absolute atomic E-state index is 12.3. The topological polar surface area (TPSA) is 229 Å². The normalized spacial score (nSPS) is 29.5. The van der Waals surface area contributed by atoms with Crippen LogP contribution < -0.4 is 0 Å². The molecule has 8 rings (SSSR count). The van der Waals surface area contributed by atoms with Crippen LogP contribution in [0, 0.1) is 90.7 Å². The fraction of sp³-hybridized carbons (Fsp3) is 0.786. The second-order valence-electron chi connectivity index (χ2n) is 45.1. The van der Waals surface area contributed by atoms with E-state index in [-0.39, 0.29) is 67.0 Å². The molecule has 0 saturated heterocycles. The van der Waals surface area contributed by atoms with Crippen LogP contribution in [0.4, 0.5) is 0 Å². The van der Waals surface area contributed by atoms with Crippen LogP contribution in [0.15, 0.2) is 146 Å². The molecular formula is C112H188O12S4Ti. The van der Waals surface area contributed by atoms with Gasteiger partial charge in [-0.25, -0.2) is 33.7 Å². The van der Waals surface area contributed by atoms with Crippen LogP contribution in [0.2, 0.25) is 0 Å². The fourth-order valence-electron chi connectivity index (χ4n) is 23.1. The molecule has 129 heavy (non-hydrogen) atoms. The largest absolute Gasteiger partial charge is 4.00 e. The van der Waals surface area contributed by atoms with Gasteiger partial charge in [-0.3, -0.25) is 0 Å². The second-order valence-corrected chi connectivity index (χ2v) is 52.1. The minimum absolute atomic E-state index is 0. The van der Waals surface area contributed by atoms with Crippen LogP contribution >= 0.6 is 0 Å². The van der Waals surface area contributed by atoms with Gasteiger partial charge in [-0.15, -0.1) is 0 Å². The van der Waals surface area contributed by atoms with Gasteiger partial charge in [0.05, 0.1) is 19.0 Å². The first-order valence-electron chi connectivity index (χ1n) is 51.8. The predicted octanol–water partition coefficient (Wildman–Crippen LogP) is 31.8. The molecule has 0 aromatic carbocycles. The monoisotopic (exact) mass is 1900 g/mol. The summed E-state index contributed by atoms with van der Waals surface area (Å²) in [4.78, 5) is 0. The molecule has 0 radical (unpaired) electrons. The SMILES string of the molecule is CC1C=CC(C)(S(=O)(=O)[O-])C(C)(CCCCCCCCCCCCC2C=CC=C2)C1(C)C.CC1C=CC(C)(S(=O)(=O)[O-])C(C)(CCCCCCCCCCCCC2C=CC=C2)C1(C)C.CC1C=CC(C)(S(=O)(=O)[O-])C(C)(CCCCCCCCCCCCC2C=CC=C2)C1(C)C.CC1C=CC(C)(S(=O)(=O)[O-])C(C)(CCCCCCCCCCCCC2C=CC=C2)C1(C)C.[Ti+4]. The number of hydrogen-bond donors (Lipinski definition) is 0. The zero-order valence-corrected chi connectivity index (χ0v) is 90.3. The molecule has 0 fully saturated rings. The van der Waals surface area contributed by atoms with Crippen LogP contribution in [0.1, 0.15) is 447 Å². The van der Waals surface area contributed by atoms with Crippen LogP contribution in [0.25, 0.3) is 0 Å². The van der Waals surface area contributed by atoms with Gasteiger partial charge in [0.2, 0.25) is 0 Å². The summed E-state index contributed by atoms with van der Waals surface area (Å²) in [5, 5.41) is 0. The van der Waals surface area contributed by atoms with Crippen molar-refractivity contribution in [3.63, 3.8) is 0 Å². The van der Waals surface area contributed by atoms with Gasteiger partial charge < -0.3 is 18.2 Å². The van der Waals surface area contributed by atoms with Crippen molar-refractivity contribution in [3.8, 4) is 0 Å². The minimum Gasteiger partial charge on any atom is -0.747 e. The van der Waals surface area contributed by atoms with E-state index in [1.54, 1.807) is 52.0 Å². The summed E-state index contributed by atoms with van der Waals surface area (Å²) < 4.78 is 142. The molecule has 12 nitrogen and oxygen atoms in total. The van der Waals surface area contributed by atoms with E-state index in [1.807, 2.05) is 52.0 Å². The van der Waals surface area contributed by atoms with Crippen LogP contribution in [-0.4, -0.2) is 70.9 Å². The molecule has 12 atom stereocenters. The first kappa shape index (κ1) is 119. The molecule has 12 unspecified atom stereocenters. The van der Waals surface area contributed by atoms with Gasteiger partial charge in [-0.05, 0) is 170 Å². The Labute approximate surface area is 809 Å². The van der Waals surface area contributed by atoms with Gasteiger partial charge in [0, 0.05) is 0 Å². The Balaban J connectivity index is 0.000000359. The number of allylic oxidation sites excluding steroid dienone is 20.